The lowest BCUT2D eigenvalue weighted by atomic mass is 10.1. The number of aromatic nitrogens is 1. The van der Waals surface area contributed by atoms with E-state index in [1.807, 2.05) is 30.5 Å². The normalized spacial score (nSPS) is 11.3. The minimum Gasteiger partial charge on any atom is -0.497 e. The molecule has 2 rings (SSSR count). The molecule has 78 valence electrons. The van der Waals surface area contributed by atoms with Crippen LogP contribution < -0.4 is 4.74 Å². The minimum atomic E-state index is 0.747. The van der Waals surface area contributed by atoms with Crippen molar-refractivity contribution >= 4 is 29.6 Å². The third kappa shape index (κ3) is 2.02. The maximum atomic E-state index is 5.20. The van der Waals surface area contributed by atoms with Gasteiger partial charge in [0.1, 0.15) is 5.75 Å². The van der Waals surface area contributed by atoms with Crippen molar-refractivity contribution in [3.05, 3.63) is 36.0 Å². The number of aromatic amines is 1. The van der Waals surface area contributed by atoms with Crippen LogP contribution in [0.2, 0.25) is 0 Å². The van der Waals surface area contributed by atoms with Crippen molar-refractivity contribution in [1.82, 2.24) is 4.98 Å². The predicted octanol–water partition coefficient (Wildman–Crippen LogP) is 3.12. The van der Waals surface area contributed by atoms with Crippen molar-refractivity contribution in [3.63, 3.8) is 0 Å². The summed E-state index contributed by atoms with van der Waals surface area (Å²) in [6.45, 7) is 0. The van der Waals surface area contributed by atoms with Crippen LogP contribution in [0.15, 0.2) is 30.5 Å². The molecular weight excluding hydrogens is 206 g/mol. The number of methoxy groups -OCH3 is 1. The monoisotopic (exact) mass is 219 g/mol. The summed E-state index contributed by atoms with van der Waals surface area (Å²) in [4.78, 5) is 3.22. The molecule has 1 N–H and O–H groups in total. The maximum Gasteiger partial charge on any atom is 0.119 e. The van der Waals surface area contributed by atoms with E-state index in [1.165, 1.54) is 5.39 Å². The number of ether oxygens (including phenoxy) is 1. The van der Waals surface area contributed by atoms with E-state index >= 15 is 0 Å². The van der Waals surface area contributed by atoms with Gasteiger partial charge in [0.15, 0.2) is 0 Å². The first-order valence-corrected chi connectivity index (χ1v) is 5.41. The number of H-pyrrole nitrogens is 1. The van der Waals surface area contributed by atoms with Gasteiger partial charge in [0.05, 0.1) is 7.11 Å². The largest absolute Gasteiger partial charge is 0.497 e. The van der Waals surface area contributed by atoms with Crippen molar-refractivity contribution in [1.29, 1.82) is 0 Å². The van der Waals surface area contributed by atoms with E-state index in [-0.39, 0.29) is 0 Å². The summed E-state index contributed by atoms with van der Waals surface area (Å²) in [5.74, 6) is 1.62. The number of fused-ring (bicyclic) bond motifs is 1. The third-order valence-electron chi connectivity index (χ3n) is 2.32. The van der Waals surface area contributed by atoms with Gasteiger partial charge in [-0.25, -0.2) is 0 Å². The van der Waals surface area contributed by atoms with Crippen LogP contribution in [0.4, 0.5) is 0 Å². The molecule has 1 heterocycles. The maximum absolute atomic E-state index is 5.20. The van der Waals surface area contributed by atoms with Crippen LogP contribution in [0.5, 0.6) is 5.75 Å². The van der Waals surface area contributed by atoms with Gasteiger partial charge in [0.2, 0.25) is 0 Å². The average Bonchev–Trinajstić information content (AvgIpc) is 2.68. The van der Waals surface area contributed by atoms with Crippen molar-refractivity contribution in [3.8, 4) is 5.75 Å². The lowest BCUT2D eigenvalue weighted by Gasteiger charge is -1.99. The Balaban J connectivity index is 2.51. The van der Waals surface area contributed by atoms with E-state index in [9.17, 15) is 0 Å². The van der Waals surface area contributed by atoms with Gasteiger partial charge in [0, 0.05) is 22.9 Å². The fourth-order valence-corrected chi connectivity index (χ4v) is 1.67. The smallest absolute Gasteiger partial charge is 0.119 e. The molecule has 0 aliphatic heterocycles. The molecule has 0 saturated carbocycles. The summed E-state index contributed by atoms with van der Waals surface area (Å²) in [7, 11) is 1.68. The molecule has 2 nitrogen and oxygen atoms in total. The Kier molecular flexibility index (Phi) is 3.02. The van der Waals surface area contributed by atoms with Crippen molar-refractivity contribution in [2.45, 2.75) is 0 Å². The van der Waals surface area contributed by atoms with Crippen LogP contribution >= 0.6 is 12.6 Å². The van der Waals surface area contributed by atoms with Crippen LogP contribution in [0, 0.1) is 0 Å². The fraction of sp³-hybridized carbons (Fsp3) is 0.167. The Morgan fingerprint density at radius 1 is 1.47 bits per heavy atom. The average molecular weight is 219 g/mol. The number of rotatable bonds is 3. The van der Waals surface area contributed by atoms with E-state index in [2.05, 4.69) is 23.7 Å². The van der Waals surface area contributed by atoms with Crippen LogP contribution in [0.3, 0.4) is 0 Å². The summed E-state index contributed by atoms with van der Waals surface area (Å²) in [5.41, 5.74) is 2.28. The van der Waals surface area contributed by atoms with Gasteiger partial charge < -0.3 is 9.72 Å². The highest BCUT2D eigenvalue weighted by atomic mass is 32.1. The molecule has 0 saturated heterocycles. The summed E-state index contributed by atoms with van der Waals surface area (Å²) < 4.78 is 5.20. The lowest BCUT2D eigenvalue weighted by molar-refractivity contribution is 0.415. The number of thiol groups is 1. The minimum absolute atomic E-state index is 0.747. The quantitative estimate of drug-likeness (QED) is 0.762. The standard InChI is InChI=1S/C12H13NOS/c1-14-10-4-5-12-11(7-10)9(8-13-12)3-2-6-15/h2-5,7-8,13,15H,6H2,1H3. The molecule has 0 unspecified atom stereocenters. The molecule has 15 heavy (non-hydrogen) atoms. The molecule has 0 aliphatic rings. The molecule has 0 aliphatic carbocycles. The second-order valence-corrected chi connectivity index (χ2v) is 3.61. The molecule has 0 amide bonds. The zero-order valence-corrected chi connectivity index (χ0v) is 9.42. The van der Waals surface area contributed by atoms with Crippen molar-refractivity contribution in [2.24, 2.45) is 0 Å². The third-order valence-corrected chi connectivity index (χ3v) is 2.53. The summed E-state index contributed by atoms with van der Waals surface area (Å²) in [6.07, 6.45) is 6.07. The van der Waals surface area contributed by atoms with Gasteiger partial charge in [-0.3, -0.25) is 0 Å². The highest BCUT2D eigenvalue weighted by molar-refractivity contribution is 7.80. The molecule has 0 fully saturated rings. The topological polar surface area (TPSA) is 25.0 Å². The first-order chi connectivity index (χ1) is 7.35. The van der Waals surface area contributed by atoms with Gasteiger partial charge in [-0.05, 0) is 23.8 Å². The number of hydrogen-bond acceptors (Lipinski definition) is 2. The molecule has 0 spiro atoms. The van der Waals surface area contributed by atoms with Gasteiger partial charge in [-0.15, -0.1) is 0 Å². The first kappa shape index (κ1) is 10.2. The van der Waals surface area contributed by atoms with E-state index in [0.29, 0.717) is 0 Å². The zero-order valence-electron chi connectivity index (χ0n) is 8.53. The second kappa shape index (κ2) is 4.45. The van der Waals surface area contributed by atoms with Gasteiger partial charge in [0.25, 0.3) is 0 Å². The first-order valence-electron chi connectivity index (χ1n) is 4.77. The molecule has 3 heteroatoms. The zero-order chi connectivity index (χ0) is 10.7. The Hall–Kier alpha value is -1.35. The molecule has 0 radical (unpaired) electrons. The van der Waals surface area contributed by atoms with Crippen LogP contribution in [0.1, 0.15) is 5.56 Å². The number of nitrogens with one attached hydrogen (secondary N) is 1. The Morgan fingerprint density at radius 2 is 2.33 bits per heavy atom. The van der Waals surface area contributed by atoms with Crippen LogP contribution in [0.25, 0.3) is 17.0 Å². The van der Waals surface area contributed by atoms with Crippen molar-refractivity contribution in [2.75, 3.05) is 12.9 Å². The van der Waals surface area contributed by atoms with E-state index < -0.39 is 0 Å². The van der Waals surface area contributed by atoms with Crippen LogP contribution in [-0.4, -0.2) is 17.8 Å². The molecule has 0 bridgehead atoms. The fourth-order valence-electron chi connectivity index (χ4n) is 1.57. The molecule has 2 aromatic rings. The highest BCUT2D eigenvalue weighted by Gasteiger charge is 2.01. The summed E-state index contributed by atoms with van der Waals surface area (Å²) in [5, 5.41) is 1.17. The lowest BCUT2D eigenvalue weighted by Crippen LogP contribution is -1.81. The van der Waals surface area contributed by atoms with Gasteiger partial charge in [-0.2, -0.15) is 12.6 Å². The van der Waals surface area contributed by atoms with E-state index in [4.69, 9.17) is 4.74 Å². The molecule has 1 aromatic heterocycles. The van der Waals surface area contributed by atoms with Crippen molar-refractivity contribution < 1.29 is 4.74 Å². The Labute approximate surface area is 94.4 Å². The van der Waals surface area contributed by atoms with Gasteiger partial charge >= 0.3 is 0 Å². The van der Waals surface area contributed by atoms with E-state index in [0.717, 1.165) is 22.6 Å². The Morgan fingerprint density at radius 3 is 3.07 bits per heavy atom. The second-order valence-electron chi connectivity index (χ2n) is 3.24. The highest BCUT2D eigenvalue weighted by Crippen LogP contribution is 2.24. The summed E-state index contributed by atoms with van der Waals surface area (Å²) in [6, 6.07) is 6.00. The van der Waals surface area contributed by atoms with E-state index in [1.54, 1.807) is 7.11 Å². The molecule has 1 aromatic carbocycles. The number of hydrogen-bond donors (Lipinski definition) is 2. The van der Waals surface area contributed by atoms with Crippen LogP contribution in [-0.2, 0) is 0 Å². The predicted molar refractivity (Wildman–Crippen MR) is 67.7 cm³/mol. The SMILES string of the molecule is COc1ccc2[nH]cc(C=CCS)c2c1. The molecule has 0 atom stereocenters. The Bertz CT molecular complexity index is 487. The number of benzene rings is 1. The summed E-state index contributed by atoms with van der Waals surface area (Å²) >= 11 is 4.14. The van der Waals surface area contributed by atoms with Gasteiger partial charge in [-0.1, -0.05) is 12.2 Å². The molecular formula is C12H13NOS.